The van der Waals surface area contributed by atoms with Crippen molar-refractivity contribution >= 4 is 25.7 Å². The fourth-order valence-electron chi connectivity index (χ4n) is 7.21. The van der Waals surface area contributed by atoms with Gasteiger partial charge in [-0.05, 0) is 77.0 Å². The first-order valence-electron chi connectivity index (χ1n) is 27.5. The fourth-order valence-corrected chi connectivity index (χ4v) is 7.99. The Hall–Kier alpha value is -3.34. The van der Waals surface area contributed by atoms with Crippen LogP contribution < -0.4 is 0 Å². The maximum atomic E-state index is 12.9. The van der Waals surface area contributed by atoms with E-state index in [0.29, 0.717) is 19.3 Å². The van der Waals surface area contributed by atoms with Crippen molar-refractivity contribution in [3.8, 4) is 0 Å². The van der Waals surface area contributed by atoms with Crippen LogP contribution in [0.4, 0.5) is 0 Å². The van der Waals surface area contributed by atoms with Crippen LogP contribution in [0.25, 0.3) is 0 Å². The Labute approximate surface area is 426 Å². The highest BCUT2D eigenvalue weighted by atomic mass is 31.2. The van der Waals surface area contributed by atoms with Gasteiger partial charge in [0, 0.05) is 19.3 Å². The molecule has 2 N–H and O–H groups in total. The molecular weight excluding hydrogens is 904 g/mol. The molecule has 0 aliphatic rings. The van der Waals surface area contributed by atoms with Crippen LogP contribution in [0.15, 0.2) is 85.1 Å². The molecule has 402 valence electrons. The SMILES string of the molecule is CC/C=C\C/C=C\C/C=C\C/C=C\CCC(=O)OC(COC(=O)CCCCCCCCC/C=C\C/C=C\C/C=C\CC)COP(=O)(O)OCC(CO)OC(=O)CCCCCCCCCCCCCCC. The zero-order valence-corrected chi connectivity index (χ0v) is 45.1. The van der Waals surface area contributed by atoms with Crippen LogP contribution in [0.1, 0.15) is 226 Å². The first kappa shape index (κ1) is 66.7. The number of carbonyl (C=O) groups excluding carboxylic acids is 3. The Balaban J connectivity index is 4.79. The zero-order valence-electron chi connectivity index (χ0n) is 44.2. The van der Waals surface area contributed by atoms with Crippen molar-refractivity contribution in [1.82, 2.24) is 0 Å². The molecule has 70 heavy (non-hydrogen) atoms. The lowest BCUT2D eigenvalue weighted by atomic mass is 10.0. The number of rotatable bonds is 50. The third-order valence-electron chi connectivity index (χ3n) is 11.3. The van der Waals surface area contributed by atoms with Gasteiger partial charge in [0.05, 0.1) is 19.8 Å². The molecule has 0 aromatic heterocycles. The highest BCUT2D eigenvalue weighted by Gasteiger charge is 2.28. The van der Waals surface area contributed by atoms with Crippen LogP contribution in [0.5, 0.6) is 0 Å². The monoisotopic (exact) mass is 1000 g/mol. The molecule has 0 radical (unpaired) electrons. The largest absolute Gasteiger partial charge is 0.472 e. The highest BCUT2D eigenvalue weighted by Crippen LogP contribution is 2.43. The Morgan fingerprint density at radius 3 is 1.23 bits per heavy atom. The Kier molecular flexibility index (Phi) is 49.5. The lowest BCUT2D eigenvalue weighted by Crippen LogP contribution is -2.30. The third-order valence-corrected chi connectivity index (χ3v) is 12.3. The second-order valence-electron chi connectivity index (χ2n) is 18.0. The number of aliphatic hydroxyl groups is 1. The lowest BCUT2D eigenvalue weighted by Gasteiger charge is -2.21. The second kappa shape index (κ2) is 52.0. The molecule has 0 saturated carbocycles. The number of phosphoric acid groups is 1. The van der Waals surface area contributed by atoms with Gasteiger partial charge in [0.2, 0.25) is 0 Å². The summed E-state index contributed by atoms with van der Waals surface area (Å²) in [6.45, 7) is 4.32. The molecular formula is C58H99O11P. The number of unbranched alkanes of at least 4 members (excludes halogenated alkanes) is 19. The summed E-state index contributed by atoms with van der Waals surface area (Å²) in [7, 11) is -4.76. The van der Waals surface area contributed by atoms with Crippen LogP contribution in [-0.4, -0.2) is 66.5 Å². The number of aliphatic hydroxyl groups excluding tert-OH is 1. The first-order chi connectivity index (χ1) is 34.2. The molecule has 0 bridgehead atoms. The summed E-state index contributed by atoms with van der Waals surface area (Å²) >= 11 is 0. The lowest BCUT2D eigenvalue weighted by molar-refractivity contribution is -0.161. The van der Waals surface area contributed by atoms with Crippen molar-refractivity contribution in [3.63, 3.8) is 0 Å². The van der Waals surface area contributed by atoms with E-state index in [-0.39, 0.29) is 25.9 Å². The van der Waals surface area contributed by atoms with Crippen molar-refractivity contribution in [2.75, 3.05) is 26.4 Å². The van der Waals surface area contributed by atoms with E-state index in [9.17, 15) is 28.9 Å². The molecule has 0 saturated heterocycles. The molecule has 3 unspecified atom stereocenters. The van der Waals surface area contributed by atoms with E-state index < -0.39 is 57.8 Å². The van der Waals surface area contributed by atoms with Crippen LogP contribution in [-0.2, 0) is 42.2 Å². The van der Waals surface area contributed by atoms with E-state index >= 15 is 0 Å². The van der Waals surface area contributed by atoms with E-state index in [4.69, 9.17) is 23.3 Å². The number of hydrogen-bond acceptors (Lipinski definition) is 10. The summed E-state index contributed by atoms with van der Waals surface area (Å²) in [6, 6.07) is 0. The van der Waals surface area contributed by atoms with Gasteiger partial charge in [0.25, 0.3) is 0 Å². The molecule has 0 fully saturated rings. The van der Waals surface area contributed by atoms with Gasteiger partial charge in [-0.15, -0.1) is 0 Å². The molecule has 0 aliphatic carbocycles. The van der Waals surface area contributed by atoms with Crippen LogP contribution in [0, 0.1) is 0 Å². The van der Waals surface area contributed by atoms with Crippen LogP contribution >= 0.6 is 7.82 Å². The molecule has 0 spiro atoms. The molecule has 0 heterocycles. The average Bonchev–Trinajstić information content (AvgIpc) is 3.35. The van der Waals surface area contributed by atoms with Crippen molar-refractivity contribution < 1.29 is 52.2 Å². The molecule has 0 amide bonds. The molecule has 0 rings (SSSR count). The molecule has 0 aromatic carbocycles. The third kappa shape index (κ3) is 49.6. The van der Waals surface area contributed by atoms with Gasteiger partial charge < -0.3 is 24.2 Å². The number of carbonyl (C=O) groups is 3. The van der Waals surface area contributed by atoms with Gasteiger partial charge in [0.1, 0.15) is 12.7 Å². The average molecular weight is 1000 g/mol. The van der Waals surface area contributed by atoms with Crippen molar-refractivity contribution in [3.05, 3.63) is 85.1 Å². The van der Waals surface area contributed by atoms with E-state index in [1.165, 1.54) is 70.6 Å². The fraction of sp³-hybridized carbons (Fsp3) is 0.707. The minimum atomic E-state index is -4.76. The van der Waals surface area contributed by atoms with Crippen molar-refractivity contribution in [2.24, 2.45) is 0 Å². The summed E-state index contributed by atoms with van der Waals surface area (Å²) in [5.74, 6) is -1.58. The quantitative estimate of drug-likeness (QED) is 0.0197. The Morgan fingerprint density at radius 2 is 0.771 bits per heavy atom. The first-order valence-corrected chi connectivity index (χ1v) is 29.0. The zero-order chi connectivity index (χ0) is 51.3. The minimum absolute atomic E-state index is 0.0422. The number of hydrogen-bond donors (Lipinski definition) is 2. The van der Waals surface area contributed by atoms with Crippen LogP contribution in [0.2, 0.25) is 0 Å². The molecule has 11 nitrogen and oxygen atoms in total. The van der Waals surface area contributed by atoms with Gasteiger partial charge in [-0.3, -0.25) is 23.4 Å². The maximum absolute atomic E-state index is 12.9. The number of ether oxygens (including phenoxy) is 3. The summed E-state index contributed by atoms with van der Waals surface area (Å²) in [6.07, 6.45) is 58.5. The van der Waals surface area contributed by atoms with Gasteiger partial charge in [-0.25, -0.2) is 4.57 Å². The molecule has 12 heteroatoms. The van der Waals surface area contributed by atoms with Gasteiger partial charge in [-0.2, -0.15) is 0 Å². The van der Waals surface area contributed by atoms with Crippen molar-refractivity contribution in [1.29, 1.82) is 0 Å². The predicted octanol–water partition coefficient (Wildman–Crippen LogP) is 15.9. The summed E-state index contributed by atoms with van der Waals surface area (Å²) in [4.78, 5) is 48.4. The number of allylic oxidation sites excluding steroid dienone is 14. The highest BCUT2D eigenvalue weighted by molar-refractivity contribution is 7.47. The normalized spacial score (nSPS) is 14.1. The van der Waals surface area contributed by atoms with Crippen molar-refractivity contribution in [2.45, 2.75) is 238 Å². The molecule has 0 aromatic rings. The predicted molar refractivity (Wildman–Crippen MR) is 288 cm³/mol. The second-order valence-corrected chi connectivity index (χ2v) is 19.4. The van der Waals surface area contributed by atoms with Crippen LogP contribution in [0.3, 0.4) is 0 Å². The number of phosphoric ester groups is 1. The standard InChI is InChI=1S/C58H99O11P/c1-4-7-10-13-16-19-22-25-26-27-28-31-32-35-38-41-44-47-56(60)65-51-55(69-58(62)49-46-43-40-37-34-30-24-21-18-15-12-9-6-3)53-67-70(63,64)66-52-54(50-59)68-57(61)48-45-42-39-36-33-29-23-20-17-14-11-8-5-2/h7,9-10,12,16,18-19,21,25-26,30,34,40,43,54-55,59H,4-6,8,11,13-15,17,20,22-24,27-29,31-33,35-39,41-42,44-53H2,1-3H3,(H,63,64)/b10-7-,12-9-,19-16-,21-18-,26-25-,34-30-,43-40-. The summed E-state index contributed by atoms with van der Waals surface area (Å²) in [5.41, 5.74) is 0. The van der Waals surface area contributed by atoms with E-state index in [1.54, 1.807) is 0 Å². The van der Waals surface area contributed by atoms with E-state index in [1.807, 2.05) is 12.2 Å². The Bertz CT molecular complexity index is 1500. The van der Waals surface area contributed by atoms with Gasteiger partial charge >= 0.3 is 25.7 Å². The Morgan fingerprint density at radius 1 is 0.414 bits per heavy atom. The van der Waals surface area contributed by atoms with Gasteiger partial charge in [0.15, 0.2) is 6.10 Å². The van der Waals surface area contributed by atoms with Gasteiger partial charge in [-0.1, -0.05) is 215 Å². The van der Waals surface area contributed by atoms with E-state index in [2.05, 4.69) is 93.7 Å². The number of esters is 3. The minimum Gasteiger partial charge on any atom is -0.462 e. The molecule has 0 aliphatic heterocycles. The molecule has 3 atom stereocenters. The summed E-state index contributed by atoms with van der Waals surface area (Å²) in [5, 5.41) is 9.79. The smallest absolute Gasteiger partial charge is 0.462 e. The maximum Gasteiger partial charge on any atom is 0.472 e. The topological polar surface area (TPSA) is 155 Å². The summed E-state index contributed by atoms with van der Waals surface area (Å²) < 4.78 is 39.3. The van der Waals surface area contributed by atoms with E-state index in [0.717, 1.165) is 96.3 Å².